The average Bonchev–Trinajstić information content (AvgIpc) is 3.17. The molecule has 2 heterocycles. The fourth-order valence-corrected chi connectivity index (χ4v) is 3.86. The van der Waals surface area contributed by atoms with Gasteiger partial charge in [-0.2, -0.15) is 5.10 Å². The first kappa shape index (κ1) is 20.6. The zero-order chi connectivity index (χ0) is 18.0. The lowest BCUT2D eigenvalue weighted by atomic mass is 10.3. The molecule has 0 saturated heterocycles. The van der Waals surface area contributed by atoms with Gasteiger partial charge in [-0.05, 0) is 45.3 Å². The van der Waals surface area contributed by atoms with E-state index in [1.54, 1.807) is 28.9 Å². The molecule has 0 bridgehead atoms. The van der Waals surface area contributed by atoms with Crippen molar-refractivity contribution in [1.82, 2.24) is 19.7 Å². The average molecular weight is 414 g/mol. The summed E-state index contributed by atoms with van der Waals surface area (Å²) >= 11 is 7.72. The lowest BCUT2D eigenvalue weighted by molar-refractivity contribution is 0.0977. The molecule has 1 aromatic carbocycles. The molecule has 3 rings (SSSR count). The molecule has 0 aliphatic heterocycles. The highest BCUT2D eigenvalue weighted by Crippen LogP contribution is 2.33. The Morgan fingerprint density at radius 3 is 2.65 bits per heavy atom. The van der Waals surface area contributed by atoms with Crippen LogP contribution in [0.2, 0.25) is 5.02 Å². The fourth-order valence-electron chi connectivity index (χ4n) is 2.57. The molecule has 6 nitrogen and oxygen atoms in total. The number of thiazole rings is 1. The van der Waals surface area contributed by atoms with E-state index in [1.807, 2.05) is 32.3 Å². The van der Waals surface area contributed by atoms with Gasteiger partial charge in [-0.1, -0.05) is 29.0 Å². The Balaban J connectivity index is 0.00000243. The molecular formula is C17H21Cl2N5OS. The molecule has 0 saturated carbocycles. The van der Waals surface area contributed by atoms with Gasteiger partial charge in [-0.3, -0.25) is 14.4 Å². The van der Waals surface area contributed by atoms with Crippen LogP contribution >= 0.6 is 35.3 Å². The Hall–Kier alpha value is -1.67. The van der Waals surface area contributed by atoms with Gasteiger partial charge in [0.1, 0.15) is 11.2 Å². The molecule has 0 fully saturated rings. The quantitative estimate of drug-likeness (QED) is 0.617. The van der Waals surface area contributed by atoms with E-state index in [9.17, 15) is 4.79 Å². The summed E-state index contributed by atoms with van der Waals surface area (Å²) in [7, 11) is 5.80. The van der Waals surface area contributed by atoms with E-state index in [2.05, 4.69) is 15.0 Å². The Morgan fingerprint density at radius 2 is 2.04 bits per heavy atom. The van der Waals surface area contributed by atoms with Crippen LogP contribution in [-0.2, 0) is 7.05 Å². The topological polar surface area (TPSA) is 54.3 Å². The van der Waals surface area contributed by atoms with Crippen LogP contribution in [0.3, 0.4) is 0 Å². The van der Waals surface area contributed by atoms with Crippen molar-refractivity contribution in [3.8, 4) is 0 Å². The largest absolute Gasteiger partial charge is 0.309 e. The standard InChI is InChI=1S/C17H20ClN5OS.ClH/c1-21(2)10-5-11-23(16(24)13-8-9-19-22(13)3)17-20-15-12(18)6-4-7-14(15)25-17;/h4,6-9H,5,10-11H2,1-3H3;1H. The van der Waals surface area contributed by atoms with Gasteiger partial charge in [0.05, 0.1) is 9.72 Å². The van der Waals surface area contributed by atoms with Crippen LogP contribution in [-0.4, -0.2) is 52.8 Å². The monoisotopic (exact) mass is 413 g/mol. The SMILES string of the molecule is CN(C)CCCN(C(=O)c1ccnn1C)c1nc2c(Cl)cccc2s1.Cl. The van der Waals surface area contributed by atoms with Crippen LogP contribution in [0.4, 0.5) is 5.13 Å². The minimum Gasteiger partial charge on any atom is -0.309 e. The number of halogens is 2. The van der Waals surface area contributed by atoms with Crippen LogP contribution < -0.4 is 4.90 Å². The molecule has 140 valence electrons. The Bertz CT molecular complexity index is 892. The summed E-state index contributed by atoms with van der Waals surface area (Å²) in [4.78, 5) is 21.5. The van der Waals surface area contributed by atoms with Crippen LogP contribution in [0, 0.1) is 0 Å². The second kappa shape index (κ2) is 8.81. The molecule has 9 heteroatoms. The van der Waals surface area contributed by atoms with Gasteiger partial charge >= 0.3 is 0 Å². The summed E-state index contributed by atoms with van der Waals surface area (Å²) in [6, 6.07) is 7.40. The molecule has 0 aliphatic rings. The van der Waals surface area contributed by atoms with E-state index in [1.165, 1.54) is 11.3 Å². The zero-order valence-electron chi connectivity index (χ0n) is 14.8. The Labute approximate surface area is 167 Å². The Kier molecular flexibility index (Phi) is 7.00. The van der Waals surface area contributed by atoms with Crippen molar-refractivity contribution in [1.29, 1.82) is 0 Å². The molecule has 0 aliphatic carbocycles. The third kappa shape index (κ3) is 4.35. The number of rotatable bonds is 6. The van der Waals surface area contributed by atoms with E-state index in [0.29, 0.717) is 22.4 Å². The molecule has 1 amide bonds. The molecular weight excluding hydrogens is 393 g/mol. The first-order valence-electron chi connectivity index (χ1n) is 7.97. The lowest BCUT2D eigenvalue weighted by Gasteiger charge is -2.20. The maximum Gasteiger partial charge on any atom is 0.278 e. The van der Waals surface area contributed by atoms with Crippen molar-refractivity contribution in [2.24, 2.45) is 7.05 Å². The summed E-state index contributed by atoms with van der Waals surface area (Å²) in [5.74, 6) is -0.103. The number of aryl methyl sites for hydroxylation is 1. The molecule has 0 unspecified atom stereocenters. The predicted octanol–water partition coefficient (Wildman–Crippen LogP) is 3.70. The maximum atomic E-state index is 13.0. The van der Waals surface area contributed by atoms with Crippen molar-refractivity contribution in [2.75, 3.05) is 32.1 Å². The van der Waals surface area contributed by atoms with E-state index >= 15 is 0 Å². The van der Waals surface area contributed by atoms with Crippen molar-refractivity contribution < 1.29 is 4.79 Å². The van der Waals surface area contributed by atoms with Gasteiger partial charge in [-0.15, -0.1) is 12.4 Å². The summed E-state index contributed by atoms with van der Waals surface area (Å²) in [6.07, 6.45) is 2.47. The van der Waals surface area contributed by atoms with Gasteiger partial charge in [0.15, 0.2) is 5.13 Å². The van der Waals surface area contributed by atoms with Crippen LogP contribution in [0.25, 0.3) is 10.2 Å². The third-order valence-corrected chi connectivity index (χ3v) is 5.21. The number of hydrogen-bond acceptors (Lipinski definition) is 5. The summed E-state index contributed by atoms with van der Waals surface area (Å²) in [6.45, 7) is 1.47. The minimum atomic E-state index is -0.103. The van der Waals surface area contributed by atoms with Gasteiger partial charge in [-0.25, -0.2) is 4.98 Å². The van der Waals surface area contributed by atoms with Crippen molar-refractivity contribution in [2.45, 2.75) is 6.42 Å². The van der Waals surface area contributed by atoms with Crippen molar-refractivity contribution >= 4 is 56.6 Å². The number of fused-ring (bicyclic) bond motifs is 1. The lowest BCUT2D eigenvalue weighted by Crippen LogP contribution is -2.34. The van der Waals surface area contributed by atoms with Crippen molar-refractivity contribution in [3.05, 3.63) is 41.2 Å². The van der Waals surface area contributed by atoms with Gasteiger partial charge < -0.3 is 4.90 Å². The molecule has 2 aromatic heterocycles. The molecule has 3 aromatic rings. The number of carbonyl (C=O) groups is 1. The molecule has 0 atom stereocenters. The maximum absolute atomic E-state index is 13.0. The third-order valence-electron chi connectivity index (χ3n) is 3.86. The number of aromatic nitrogens is 3. The number of para-hydroxylation sites is 1. The second-order valence-electron chi connectivity index (χ2n) is 6.04. The summed E-state index contributed by atoms with van der Waals surface area (Å²) in [5.41, 5.74) is 1.27. The fraction of sp³-hybridized carbons (Fsp3) is 0.353. The number of benzene rings is 1. The van der Waals surface area contributed by atoms with E-state index in [-0.39, 0.29) is 18.3 Å². The van der Waals surface area contributed by atoms with E-state index in [0.717, 1.165) is 23.2 Å². The number of anilines is 1. The summed E-state index contributed by atoms with van der Waals surface area (Å²) in [5, 5.41) is 5.36. The number of carbonyl (C=O) groups excluding carboxylic acids is 1. The zero-order valence-corrected chi connectivity index (χ0v) is 17.2. The normalized spacial score (nSPS) is 11.0. The van der Waals surface area contributed by atoms with Gasteiger partial charge in [0, 0.05) is 19.8 Å². The van der Waals surface area contributed by atoms with Gasteiger partial charge in [0.2, 0.25) is 0 Å². The van der Waals surface area contributed by atoms with E-state index in [4.69, 9.17) is 11.6 Å². The molecule has 0 spiro atoms. The highest BCUT2D eigenvalue weighted by Gasteiger charge is 2.23. The van der Waals surface area contributed by atoms with Crippen LogP contribution in [0.15, 0.2) is 30.5 Å². The Morgan fingerprint density at radius 1 is 1.27 bits per heavy atom. The highest BCUT2D eigenvalue weighted by atomic mass is 35.5. The highest BCUT2D eigenvalue weighted by molar-refractivity contribution is 7.22. The van der Waals surface area contributed by atoms with Crippen LogP contribution in [0.1, 0.15) is 16.9 Å². The molecule has 0 N–H and O–H groups in total. The molecule has 26 heavy (non-hydrogen) atoms. The second-order valence-corrected chi connectivity index (χ2v) is 7.45. The first-order chi connectivity index (χ1) is 12.0. The smallest absolute Gasteiger partial charge is 0.278 e. The number of nitrogens with zero attached hydrogens (tertiary/aromatic N) is 5. The van der Waals surface area contributed by atoms with Crippen molar-refractivity contribution in [3.63, 3.8) is 0 Å². The number of amides is 1. The first-order valence-corrected chi connectivity index (χ1v) is 9.16. The predicted molar refractivity (Wildman–Crippen MR) is 110 cm³/mol. The van der Waals surface area contributed by atoms with Crippen LogP contribution in [0.5, 0.6) is 0 Å². The minimum absolute atomic E-state index is 0. The number of hydrogen-bond donors (Lipinski definition) is 0. The molecule has 0 radical (unpaired) electrons. The summed E-state index contributed by atoms with van der Waals surface area (Å²) < 4.78 is 2.56. The van der Waals surface area contributed by atoms with E-state index < -0.39 is 0 Å². The van der Waals surface area contributed by atoms with Gasteiger partial charge in [0.25, 0.3) is 5.91 Å².